The van der Waals surface area contributed by atoms with Gasteiger partial charge in [0, 0.05) is 45.0 Å². The third-order valence-electron chi connectivity index (χ3n) is 5.68. The molecule has 0 radical (unpaired) electrons. The summed E-state index contributed by atoms with van der Waals surface area (Å²) in [6.07, 6.45) is -9.99. The van der Waals surface area contributed by atoms with E-state index in [1.807, 2.05) is 32.3 Å². The van der Waals surface area contributed by atoms with Gasteiger partial charge < -0.3 is 19.8 Å². The number of rotatable bonds is 3. The lowest BCUT2D eigenvalue weighted by Crippen LogP contribution is -2.35. The number of nitrogens with zero attached hydrogens (tertiary/aromatic N) is 3. The van der Waals surface area contributed by atoms with Gasteiger partial charge in [0.25, 0.3) is 0 Å². The number of para-hydroxylation sites is 1. The Balaban J connectivity index is 0.000000301. The molecule has 2 aromatic rings. The zero-order valence-corrected chi connectivity index (χ0v) is 20.2. The maximum Gasteiger partial charge on any atom is 0.490 e. The molecule has 2 N–H and O–H groups in total. The molecule has 0 unspecified atom stereocenters. The Labute approximate surface area is 212 Å². The highest BCUT2D eigenvalue weighted by Gasteiger charge is 2.47. The van der Waals surface area contributed by atoms with E-state index in [1.54, 1.807) is 4.90 Å². The largest absolute Gasteiger partial charge is 0.490 e. The molecule has 1 aromatic heterocycles. The molecular formula is C23H25F6N3O6. The minimum atomic E-state index is -5.08. The Morgan fingerprint density at radius 1 is 0.974 bits per heavy atom. The summed E-state index contributed by atoms with van der Waals surface area (Å²) in [6, 6.07) is 12.4. The molecule has 3 heterocycles. The van der Waals surface area contributed by atoms with Crippen molar-refractivity contribution in [3.63, 3.8) is 0 Å². The number of hydrogen-bond donors (Lipinski definition) is 2. The van der Waals surface area contributed by atoms with Crippen molar-refractivity contribution >= 4 is 28.7 Å². The number of aromatic nitrogens is 1. The van der Waals surface area contributed by atoms with Gasteiger partial charge in [-0.3, -0.25) is 14.7 Å². The summed E-state index contributed by atoms with van der Waals surface area (Å²) in [5.41, 5.74) is 2.11. The van der Waals surface area contributed by atoms with Gasteiger partial charge in [-0.2, -0.15) is 26.3 Å². The van der Waals surface area contributed by atoms with Crippen molar-refractivity contribution in [1.82, 2.24) is 14.8 Å². The molecule has 38 heavy (non-hydrogen) atoms. The summed E-state index contributed by atoms with van der Waals surface area (Å²) in [7, 11) is 3.64. The predicted octanol–water partition coefficient (Wildman–Crippen LogP) is 3.04. The van der Waals surface area contributed by atoms with Gasteiger partial charge in [0.15, 0.2) is 0 Å². The smallest absolute Gasteiger partial charge is 0.475 e. The average Bonchev–Trinajstić information content (AvgIpc) is 3.38. The van der Waals surface area contributed by atoms with Crippen molar-refractivity contribution in [2.24, 2.45) is 11.8 Å². The van der Waals surface area contributed by atoms with E-state index in [0.29, 0.717) is 12.5 Å². The number of pyridine rings is 1. The second kappa shape index (κ2) is 12.4. The van der Waals surface area contributed by atoms with Crippen LogP contribution in [0.25, 0.3) is 10.9 Å². The molecule has 2 aliphatic rings. The van der Waals surface area contributed by atoms with Crippen molar-refractivity contribution in [2.45, 2.75) is 25.0 Å². The maximum atomic E-state index is 12.3. The Bertz CT molecular complexity index is 1120. The van der Waals surface area contributed by atoms with Crippen molar-refractivity contribution in [3.05, 3.63) is 42.1 Å². The summed E-state index contributed by atoms with van der Waals surface area (Å²) in [5.74, 6) is -5.02. The molecule has 3 atom stereocenters. The van der Waals surface area contributed by atoms with E-state index in [-0.39, 0.29) is 17.9 Å². The van der Waals surface area contributed by atoms with Crippen LogP contribution in [0.3, 0.4) is 0 Å². The number of benzene rings is 1. The van der Waals surface area contributed by atoms with Crippen LogP contribution < -0.4 is 0 Å². The number of fused-ring (bicyclic) bond motifs is 2. The molecule has 1 amide bonds. The van der Waals surface area contributed by atoms with E-state index in [2.05, 4.69) is 23.1 Å². The first-order valence-electron chi connectivity index (χ1n) is 11.0. The average molecular weight is 553 g/mol. The number of hydrogen-bond acceptors (Lipinski definition) is 6. The highest BCUT2D eigenvalue weighted by Crippen LogP contribution is 2.35. The fourth-order valence-corrected chi connectivity index (χ4v) is 3.93. The molecule has 4 rings (SSSR count). The lowest BCUT2D eigenvalue weighted by atomic mass is 9.92. The first-order chi connectivity index (χ1) is 17.5. The highest BCUT2D eigenvalue weighted by molar-refractivity contribution is 5.79. The van der Waals surface area contributed by atoms with E-state index in [9.17, 15) is 31.1 Å². The van der Waals surface area contributed by atoms with E-state index < -0.39 is 24.3 Å². The Kier molecular flexibility index (Phi) is 10.0. The van der Waals surface area contributed by atoms with Gasteiger partial charge in [0.2, 0.25) is 5.91 Å². The molecule has 15 heteroatoms. The van der Waals surface area contributed by atoms with Gasteiger partial charge in [-0.25, -0.2) is 9.59 Å². The second-order valence-electron chi connectivity index (χ2n) is 8.67. The van der Waals surface area contributed by atoms with Crippen molar-refractivity contribution in [3.8, 4) is 0 Å². The SMILES string of the molecule is CN(C)C(=O)[C@H]1CO[C@@H]2CN(Cc3ccc4ccccc4n3)C[C@H]12.O=C(O)C(F)(F)F.O=C(O)C(F)(F)F. The van der Waals surface area contributed by atoms with Crippen LogP contribution in [-0.2, 0) is 25.7 Å². The number of likely N-dealkylation sites (tertiary alicyclic amines) is 1. The first kappa shape index (κ1) is 30.8. The quantitative estimate of drug-likeness (QED) is 0.557. The number of aliphatic carboxylic acids is 2. The molecule has 2 saturated heterocycles. The number of carbonyl (C=O) groups excluding carboxylic acids is 1. The highest BCUT2D eigenvalue weighted by atomic mass is 19.4. The van der Waals surface area contributed by atoms with Crippen LogP contribution in [0.4, 0.5) is 26.3 Å². The van der Waals surface area contributed by atoms with Gasteiger partial charge in [-0.1, -0.05) is 24.3 Å². The number of carbonyl (C=O) groups is 3. The standard InChI is InChI=1S/C19H23N3O2.2C2HF3O2/c1-21(2)19(23)16-12-24-18-11-22(10-15(16)18)9-14-8-7-13-5-3-4-6-17(13)20-14;2*3-2(4,5)1(6)7/h3-8,15-16,18H,9-12H2,1-2H3;2*(H,6,7)/t15-,16+,18-;;/m1../s1. The fraction of sp³-hybridized carbons (Fsp3) is 0.478. The summed E-state index contributed by atoms with van der Waals surface area (Å²) >= 11 is 0. The topological polar surface area (TPSA) is 120 Å². The predicted molar refractivity (Wildman–Crippen MR) is 120 cm³/mol. The monoisotopic (exact) mass is 553 g/mol. The molecule has 2 fully saturated rings. The normalized spacial score (nSPS) is 21.0. The molecule has 9 nitrogen and oxygen atoms in total. The Hall–Kier alpha value is -3.46. The third kappa shape index (κ3) is 8.55. The molecule has 0 aliphatic carbocycles. The molecule has 2 aliphatic heterocycles. The van der Waals surface area contributed by atoms with Gasteiger partial charge >= 0.3 is 24.3 Å². The number of carboxylic acids is 2. The van der Waals surface area contributed by atoms with Gasteiger partial charge in [0.1, 0.15) is 0 Å². The molecule has 0 spiro atoms. The maximum absolute atomic E-state index is 12.3. The third-order valence-corrected chi connectivity index (χ3v) is 5.68. The first-order valence-corrected chi connectivity index (χ1v) is 11.0. The van der Waals surface area contributed by atoms with Gasteiger partial charge in [-0.15, -0.1) is 0 Å². The zero-order valence-electron chi connectivity index (χ0n) is 20.2. The minimum absolute atomic E-state index is 0.000405. The Morgan fingerprint density at radius 3 is 2.05 bits per heavy atom. The van der Waals surface area contributed by atoms with Crippen molar-refractivity contribution in [2.75, 3.05) is 33.8 Å². The number of carboxylic acid groups (broad SMARTS) is 2. The molecule has 0 saturated carbocycles. The van der Waals surface area contributed by atoms with Crippen LogP contribution in [0, 0.1) is 11.8 Å². The molecule has 210 valence electrons. The lowest BCUT2D eigenvalue weighted by molar-refractivity contribution is -0.193. The lowest BCUT2D eigenvalue weighted by Gasteiger charge is -2.21. The van der Waals surface area contributed by atoms with Crippen molar-refractivity contribution in [1.29, 1.82) is 0 Å². The van der Waals surface area contributed by atoms with E-state index in [1.165, 1.54) is 5.39 Å². The number of halogens is 6. The van der Waals surface area contributed by atoms with Crippen molar-refractivity contribution < 1.29 is 55.7 Å². The van der Waals surface area contributed by atoms with Crippen LogP contribution in [0.15, 0.2) is 36.4 Å². The number of amides is 1. The van der Waals surface area contributed by atoms with Gasteiger partial charge in [0.05, 0.1) is 29.8 Å². The van der Waals surface area contributed by atoms with Crippen LogP contribution in [-0.4, -0.2) is 95.1 Å². The van der Waals surface area contributed by atoms with Crippen LogP contribution in [0.2, 0.25) is 0 Å². The van der Waals surface area contributed by atoms with E-state index in [0.717, 1.165) is 30.8 Å². The number of alkyl halides is 6. The summed E-state index contributed by atoms with van der Waals surface area (Å²) < 4.78 is 69.4. The minimum Gasteiger partial charge on any atom is -0.475 e. The van der Waals surface area contributed by atoms with Crippen LogP contribution in [0.5, 0.6) is 0 Å². The summed E-state index contributed by atoms with van der Waals surface area (Å²) in [4.78, 5) is 38.9. The fourth-order valence-electron chi connectivity index (χ4n) is 3.93. The number of ether oxygens (including phenoxy) is 1. The van der Waals surface area contributed by atoms with Crippen LogP contribution >= 0.6 is 0 Å². The van der Waals surface area contributed by atoms with E-state index in [4.69, 9.17) is 29.5 Å². The molecule has 0 bridgehead atoms. The molecule has 1 aromatic carbocycles. The molecular weight excluding hydrogens is 528 g/mol. The summed E-state index contributed by atoms with van der Waals surface area (Å²) in [6.45, 7) is 3.16. The zero-order chi connectivity index (χ0) is 28.8. The summed E-state index contributed by atoms with van der Waals surface area (Å²) in [5, 5.41) is 15.4. The van der Waals surface area contributed by atoms with E-state index >= 15 is 0 Å². The second-order valence-corrected chi connectivity index (χ2v) is 8.67. The van der Waals surface area contributed by atoms with Crippen LogP contribution in [0.1, 0.15) is 5.69 Å². The van der Waals surface area contributed by atoms with Gasteiger partial charge in [-0.05, 0) is 12.1 Å². The Morgan fingerprint density at radius 2 is 1.53 bits per heavy atom.